The van der Waals surface area contributed by atoms with E-state index in [2.05, 4.69) is 25.2 Å². The molecule has 0 aromatic carbocycles. The molecule has 5 nitrogen and oxygen atoms in total. The molecular formula is C10H20FN3O2S. The number of hydrazine groups is 1. The predicted molar refractivity (Wildman–Crippen MR) is 64.9 cm³/mol. The van der Waals surface area contributed by atoms with Crippen LogP contribution < -0.4 is 10.1 Å². The SMILES string of the molecule is CC(C)/C=C/NC1CCN(NS(=O)(=O)F)CC1. The Morgan fingerprint density at radius 1 is 1.35 bits per heavy atom. The van der Waals surface area contributed by atoms with Gasteiger partial charge in [-0.3, -0.25) is 0 Å². The first-order valence-electron chi connectivity index (χ1n) is 5.76. The number of allylic oxidation sites excluding steroid dienone is 1. The molecule has 2 N–H and O–H groups in total. The highest BCUT2D eigenvalue weighted by Crippen LogP contribution is 2.09. The molecule has 17 heavy (non-hydrogen) atoms. The molecule has 0 amide bonds. The standard InChI is InChI=1S/C10H20FN3O2S/c1-9(2)3-6-12-10-4-7-14(8-5-10)13-17(11,15)16/h3,6,9-10,12-13H,4-5,7-8H2,1-2H3/b6-3+. The van der Waals surface area contributed by atoms with E-state index in [9.17, 15) is 12.3 Å². The summed E-state index contributed by atoms with van der Waals surface area (Å²) in [5.41, 5.74) is 0. The van der Waals surface area contributed by atoms with Gasteiger partial charge in [0.15, 0.2) is 0 Å². The van der Waals surface area contributed by atoms with Crippen LogP contribution in [0.3, 0.4) is 0 Å². The van der Waals surface area contributed by atoms with E-state index in [1.807, 2.05) is 11.0 Å². The van der Waals surface area contributed by atoms with Gasteiger partial charge < -0.3 is 5.32 Å². The van der Waals surface area contributed by atoms with Crippen LogP contribution in [-0.4, -0.2) is 32.6 Å². The van der Waals surface area contributed by atoms with Crippen molar-refractivity contribution < 1.29 is 12.3 Å². The van der Waals surface area contributed by atoms with E-state index in [-0.39, 0.29) is 0 Å². The van der Waals surface area contributed by atoms with Crippen molar-refractivity contribution in [1.29, 1.82) is 0 Å². The van der Waals surface area contributed by atoms with Crippen molar-refractivity contribution in [2.24, 2.45) is 5.92 Å². The van der Waals surface area contributed by atoms with Gasteiger partial charge in [-0.25, -0.2) is 5.01 Å². The number of nitrogens with zero attached hydrogens (tertiary/aromatic N) is 1. The van der Waals surface area contributed by atoms with Crippen molar-refractivity contribution in [3.05, 3.63) is 12.3 Å². The summed E-state index contributed by atoms with van der Waals surface area (Å²) in [6.07, 6.45) is 5.57. The van der Waals surface area contributed by atoms with Gasteiger partial charge in [-0.1, -0.05) is 23.8 Å². The van der Waals surface area contributed by atoms with Crippen molar-refractivity contribution in [2.45, 2.75) is 32.7 Å². The number of halogens is 1. The zero-order valence-electron chi connectivity index (χ0n) is 10.2. The summed E-state index contributed by atoms with van der Waals surface area (Å²) < 4.78 is 33.1. The minimum absolute atomic E-state index is 0.324. The molecule has 7 heteroatoms. The fraction of sp³-hybridized carbons (Fsp3) is 0.800. The summed E-state index contributed by atoms with van der Waals surface area (Å²) in [5, 5.41) is 4.65. The molecule has 0 saturated carbocycles. The molecule has 1 heterocycles. The largest absolute Gasteiger partial charge is 0.388 e. The summed E-state index contributed by atoms with van der Waals surface area (Å²) in [6.45, 7) is 5.21. The second-order valence-electron chi connectivity index (χ2n) is 4.56. The molecule has 1 aliphatic rings. The Morgan fingerprint density at radius 3 is 2.41 bits per heavy atom. The van der Waals surface area contributed by atoms with Gasteiger partial charge in [-0.05, 0) is 25.0 Å². The lowest BCUT2D eigenvalue weighted by molar-refractivity contribution is 0.175. The van der Waals surface area contributed by atoms with Gasteiger partial charge in [0.2, 0.25) is 0 Å². The molecule has 1 fully saturated rings. The van der Waals surface area contributed by atoms with Crippen LogP contribution >= 0.6 is 0 Å². The molecule has 0 aliphatic carbocycles. The third kappa shape index (κ3) is 6.60. The first kappa shape index (κ1) is 14.4. The minimum Gasteiger partial charge on any atom is -0.388 e. The smallest absolute Gasteiger partial charge is 0.385 e. The lowest BCUT2D eigenvalue weighted by Crippen LogP contribution is -2.48. The fourth-order valence-corrected chi connectivity index (χ4v) is 2.17. The Morgan fingerprint density at radius 2 is 1.94 bits per heavy atom. The Kier molecular flexibility index (Phi) is 5.35. The van der Waals surface area contributed by atoms with E-state index in [0.717, 1.165) is 12.8 Å². The van der Waals surface area contributed by atoms with Gasteiger partial charge in [-0.15, -0.1) is 4.83 Å². The lowest BCUT2D eigenvalue weighted by Gasteiger charge is -2.30. The highest BCUT2D eigenvalue weighted by atomic mass is 32.3. The molecular weight excluding hydrogens is 245 g/mol. The molecule has 1 rings (SSSR count). The van der Waals surface area contributed by atoms with Gasteiger partial charge in [-0.2, -0.15) is 8.42 Å². The maximum atomic E-state index is 12.4. The van der Waals surface area contributed by atoms with Gasteiger partial charge in [0.25, 0.3) is 0 Å². The maximum absolute atomic E-state index is 12.4. The van der Waals surface area contributed by atoms with Crippen LogP contribution in [0.15, 0.2) is 12.3 Å². The quantitative estimate of drug-likeness (QED) is 0.726. The Labute approximate surface area is 102 Å². The third-order valence-corrected chi connectivity index (χ3v) is 3.02. The zero-order valence-corrected chi connectivity index (χ0v) is 11.0. The number of hydrogen-bond donors (Lipinski definition) is 2. The Bertz CT molecular complexity index is 349. The molecule has 0 atom stereocenters. The Hall–Kier alpha value is -0.660. The lowest BCUT2D eigenvalue weighted by atomic mass is 10.1. The minimum atomic E-state index is -4.63. The molecule has 1 aliphatic heterocycles. The number of hydrogen-bond acceptors (Lipinski definition) is 4. The van der Waals surface area contributed by atoms with Crippen molar-refractivity contribution in [3.63, 3.8) is 0 Å². The maximum Gasteiger partial charge on any atom is 0.385 e. The predicted octanol–water partition coefficient (Wildman–Crippen LogP) is 0.929. The second kappa shape index (κ2) is 6.32. The summed E-state index contributed by atoms with van der Waals surface area (Å²) in [4.78, 5) is 1.85. The van der Waals surface area contributed by atoms with Gasteiger partial charge >= 0.3 is 10.4 Å². The van der Waals surface area contributed by atoms with E-state index < -0.39 is 10.4 Å². The van der Waals surface area contributed by atoms with Crippen molar-refractivity contribution in [2.75, 3.05) is 13.1 Å². The molecule has 0 unspecified atom stereocenters. The highest BCUT2D eigenvalue weighted by molar-refractivity contribution is 7.84. The van der Waals surface area contributed by atoms with Crippen LogP contribution in [0.4, 0.5) is 3.89 Å². The molecule has 0 radical (unpaired) electrons. The summed E-state index contributed by atoms with van der Waals surface area (Å²) in [6, 6.07) is 0.324. The van der Waals surface area contributed by atoms with Crippen molar-refractivity contribution in [1.82, 2.24) is 15.2 Å². The molecule has 0 bridgehead atoms. The van der Waals surface area contributed by atoms with E-state index in [4.69, 9.17) is 0 Å². The van der Waals surface area contributed by atoms with Crippen molar-refractivity contribution >= 4 is 10.4 Å². The normalized spacial score (nSPS) is 20.2. The van der Waals surface area contributed by atoms with E-state index in [0.29, 0.717) is 25.0 Å². The van der Waals surface area contributed by atoms with Crippen LogP contribution in [-0.2, 0) is 10.4 Å². The van der Waals surface area contributed by atoms with Gasteiger partial charge in [0.05, 0.1) is 0 Å². The average Bonchev–Trinajstić information content (AvgIpc) is 2.18. The van der Waals surface area contributed by atoms with Crippen LogP contribution in [0.2, 0.25) is 0 Å². The summed E-state index contributed by atoms with van der Waals surface area (Å²) in [5.74, 6) is 0.501. The molecule has 100 valence electrons. The topological polar surface area (TPSA) is 61.4 Å². The number of rotatable bonds is 5. The number of nitrogens with one attached hydrogen (secondary N) is 2. The average molecular weight is 265 g/mol. The van der Waals surface area contributed by atoms with Crippen molar-refractivity contribution in [3.8, 4) is 0 Å². The van der Waals surface area contributed by atoms with Gasteiger partial charge in [0.1, 0.15) is 0 Å². The summed E-state index contributed by atoms with van der Waals surface area (Å²) in [7, 11) is -4.63. The van der Waals surface area contributed by atoms with Crippen LogP contribution in [0, 0.1) is 5.92 Å². The molecule has 0 spiro atoms. The zero-order chi connectivity index (χ0) is 12.9. The van der Waals surface area contributed by atoms with Crippen LogP contribution in [0.1, 0.15) is 26.7 Å². The van der Waals surface area contributed by atoms with Gasteiger partial charge in [0, 0.05) is 19.1 Å². The second-order valence-corrected chi connectivity index (χ2v) is 5.62. The number of piperidine rings is 1. The Balaban J connectivity index is 2.26. The first-order valence-corrected chi connectivity index (χ1v) is 7.15. The first-order chi connectivity index (χ1) is 7.87. The van der Waals surface area contributed by atoms with Crippen LogP contribution in [0.25, 0.3) is 0 Å². The fourth-order valence-electron chi connectivity index (χ4n) is 1.68. The van der Waals surface area contributed by atoms with E-state index in [1.54, 1.807) is 0 Å². The summed E-state index contributed by atoms with van der Waals surface area (Å²) >= 11 is 0. The van der Waals surface area contributed by atoms with E-state index in [1.165, 1.54) is 5.01 Å². The highest BCUT2D eigenvalue weighted by Gasteiger charge is 2.21. The molecule has 1 saturated heterocycles. The molecule has 0 aromatic heterocycles. The third-order valence-electron chi connectivity index (χ3n) is 2.55. The van der Waals surface area contributed by atoms with Crippen LogP contribution in [0.5, 0.6) is 0 Å². The van der Waals surface area contributed by atoms with E-state index >= 15 is 0 Å². The monoisotopic (exact) mass is 265 g/mol. The molecule has 0 aromatic rings.